The van der Waals surface area contributed by atoms with E-state index < -0.39 is 29.9 Å². The Labute approximate surface area is 306 Å². The van der Waals surface area contributed by atoms with Crippen LogP contribution in [0.5, 0.6) is 5.75 Å². The Morgan fingerprint density at radius 1 is 0.900 bits per heavy atom. The first-order valence-electron chi connectivity index (χ1n) is 16.2. The number of nitrogens with two attached hydrogens (primary N) is 1. The van der Waals surface area contributed by atoms with Crippen molar-refractivity contribution in [2.75, 3.05) is 13.1 Å². The van der Waals surface area contributed by atoms with Crippen LogP contribution in [0.3, 0.4) is 0 Å². The fourth-order valence-corrected chi connectivity index (χ4v) is 6.62. The molecule has 4 aromatic rings. The lowest BCUT2D eigenvalue weighted by molar-refractivity contribution is -0.137. The Morgan fingerprint density at radius 2 is 1.48 bits per heavy atom. The van der Waals surface area contributed by atoms with Crippen molar-refractivity contribution in [2.45, 2.75) is 63.6 Å². The molecule has 2 aliphatic rings. The first-order valence-corrected chi connectivity index (χ1v) is 17.0. The normalized spacial score (nSPS) is 18.6. The highest BCUT2D eigenvalue weighted by atomic mass is 35.5. The second kappa shape index (κ2) is 15.7. The molecule has 264 valence electrons. The molecule has 2 aliphatic heterocycles. The average Bonchev–Trinajstić information content (AvgIpc) is 3.46. The van der Waals surface area contributed by atoms with Crippen molar-refractivity contribution in [1.29, 1.82) is 0 Å². The van der Waals surface area contributed by atoms with E-state index in [9.17, 15) is 18.0 Å². The zero-order valence-corrected chi connectivity index (χ0v) is 29.9. The third-order valence-electron chi connectivity index (χ3n) is 8.86. The lowest BCUT2D eigenvalue weighted by Crippen LogP contribution is -2.39. The Kier molecular flexibility index (Phi) is 11.9. The fourth-order valence-electron chi connectivity index (χ4n) is 6.36. The molecule has 2 unspecified atom stereocenters. The fraction of sp³-hybridized carbons (Fsp3) is 0.316. The van der Waals surface area contributed by atoms with Crippen molar-refractivity contribution in [3.05, 3.63) is 134 Å². The van der Waals surface area contributed by atoms with Gasteiger partial charge in [-0.2, -0.15) is 13.2 Å². The summed E-state index contributed by atoms with van der Waals surface area (Å²) in [5.41, 5.74) is 8.47. The highest BCUT2D eigenvalue weighted by Crippen LogP contribution is 2.46. The van der Waals surface area contributed by atoms with Crippen LogP contribution in [0.25, 0.3) is 0 Å². The number of halogens is 6. The zero-order chi connectivity index (χ0) is 34.9. The van der Waals surface area contributed by atoms with Gasteiger partial charge in [0.15, 0.2) is 0 Å². The van der Waals surface area contributed by atoms with Gasteiger partial charge in [-0.25, -0.2) is 0 Å². The van der Waals surface area contributed by atoms with Crippen LogP contribution in [0, 0.1) is 0 Å². The molecule has 2 atom stereocenters. The van der Waals surface area contributed by atoms with E-state index in [-0.39, 0.29) is 41.5 Å². The van der Waals surface area contributed by atoms with Gasteiger partial charge in [0, 0.05) is 28.2 Å². The van der Waals surface area contributed by atoms with Crippen molar-refractivity contribution in [3.8, 4) is 5.75 Å². The number of carbonyl (C=O) groups excluding carboxylic acids is 1. The highest BCUT2D eigenvalue weighted by molar-refractivity contribution is 6.30. The smallest absolute Gasteiger partial charge is 0.416 e. The quantitative estimate of drug-likeness (QED) is 0.195. The van der Waals surface area contributed by atoms with Gasteiger partial charge in [0.25, 0.3) is 5.91 Å². The van der Waals surface area contributed by atoms with Crippen molar-refractivity contribution in [2.24, 2.45) is 10.7 Å². The summed E-state index contributed by atoms with van der Waals surface area (Å²) in [5, 5.41) is 1.05. The molecule has 0 aromatic heterocycles. The first kappa shape index (κ1) is 37.7. The number of rotatable bonds is 8. The zero-order valence-electron chi connectivity index (χ0n) is 27.5. The molecule has 12 heteroatoms. The lowest BCUT2D eigenvalue weighted by atomic mass is 9.93. The monoisotopic (exact) mass is 744 g/mol. The minimum absolute atomic E-state index is 0. The summed E-state index contributed by atoms with van der Waals surface area (Å²) in [5.74, 6) is -0.186. The van der Waals surface area contributed by atoms with Gasteiger partial charge in [-0.1, -0.05) is 59.6 Å². The summed E-state index contributed by atoms with van der Waals surface area (Å²) in [6.45, 7) is 6.04. The van der Waals surface area contributed by atoms with Gasteiger partial charge in [0.05, 0.1) is 23.3 Å². The molecule has 0 saturated carbocycles. The number of hydrogen-bond acceptors (Lipinski definition) is 5. The number of nitrogens with zero attached hydrogens (tertiary/aromatic N) is 3. The summed E-state index contributed by atoms with van der Waals surface area (Å²) in [7, 11) is 0. The molecule has 2 heterocycles. The second-order valence-electron chi connectivity index (χ2n) is 12.8. The van der Waals surface area contributed by atoms with E-state index in [0.717, 1.165) is 61.3 Å². The van der Waals surface area contributed by atoms with Crippen LogP contribution in [-0.2, 0) is 12.7 Å². The van der Waals surface area contributed by atoms with Crippen molar-refractivity contribution in [3.63, 3.8) is 0 Å². The van der Waals surface area contributed by atoms with E-state index in [1.165, 1.54) is 6.07 Å². The van der Waals surface area contributed by atoms with Crippen LogP contribution >= 0.6 is 35.6 Å². The standard InChI is InChI=1S/C38H37Cl2F3N4O2.ClH/c1-23(2)49-33-21-28(38(41,42)43)11-16-32(33)36-45-34(25-7-12-29(39)13-8-25)35(26-9-14-30(40)15-10-26)47(36)37(48)27-5-3-24(4-6-27)22-46-19-17-31(44)18-20-46;/h3-16,21,23,31,34-35H,17-20,22,44H2,1-2H3;1H. The van der Waals surface area contributed by atoms with E-state index in [0.29, 0.717) is 15.6 Å². The predicted octanol–water partition coefficient (Wildman–Crippen LogP) is 9.53. The third-order valence-corrected chi connectivity index (χ3v) is 9.36. The van der Waals surface area contributed by atoms with E-state index in [4.69, 9.17) is 38.7 Å². The van der Waals surface area contributed by atoms with Crippen LogP contribution in [0.15, 0.2) is 96.0 Å². The molecule has 6 nitrogen and oxygen atoms in total. The van der Waals surface area contributed by atoms with Gasteiger partial charge < -0.3 is 10.5 Å². The van der Waals surface area contributed by atoms with Crippen LogP contribution in [0.1, 0.15) is 76.9 Å². The summed E-state index contributed by atoms with van der Waals surface area (Å²) in [4.78, 5) is 23.8. The molecule has 6 rings (SSSR count). The number of aliphatic imine (C=N–C) groups is 1. The Bertz CT molecular complexity index is 1810. The van der Waals surface area contributed by atoms with Crippen LogP contribution in [0.2, 0.25) is 10.0 Å². The number of amides is 1. The Hall–Kier alpha value is -3.60. The summed E-state index contributed by atoms with van der Waals surface area (Å²) < 4.78 is 47.6. The van der Waals surface area contributed by atoms with Crippen molar-refractivity contribution in [1.82, 2.24) is 9.80 Å². The molecule has 2 N–H and O–H groups in total. The van der Waals surface area contributed by atoms with Gasteiger partial charge >= 0.3 is 6.18 Å². The molecule has 0 radical (unpaired) electrons. The van der Waals surface area contributed by atoms with Gasteiger partial charge in [-0.05, 0) is 111 Å². The molecule has 0 aliphatic carbocycles. The average molecular weight is 746 g/mol. The molecule has 0 bridgehead atoms. The molecule has 1 fully saturated rings. The minimum Gasteiger partial charge on any atom is -0.490 e. The molecular formula is C38H38Cl3F3N4O2. The Balaban J connectivity index is 0.00000486. The molecule has 1 saturated heterocycles. The van der Waals surface area contributed by atoms with E-state index in [1.807, 2.05) is 36.4 Å². The van der Waals surface area contributed by atoms with Crippen molar-refractivity contribution >= 4 is 47.4 Å². The first-order chi connectivity index (χ1) is 23.4. The number of alkyl halides is 3. The Morgan fingerprint density at radius 3 is 2.04 bits per heavy atom. The number of benzene rings is 4. The van der Waals surface area contributed by atoms with Gasteiger partial charge in [0.2, 0.25) is 0 Å². The number of ether oxygens (including phenoxy) is 1. The summed E-state index contributed by atoms with van der Waals surface area (Å²) >= 11 is 12.5. The number of piperidine rings is 1. The van der Waals surface area contributed by atoms with E-state index in [2.05, 4.69) is 4.90 Å². The molecule has 1 amide bonds. The van der Waals surface area contributed by atoms with Gasteiger partial charge in [0.1, 0.15) is 17.6 Å². The van der Waals surface area contributed by atoms with Crippen LogP contribution in [-0.4, -0.2) is 46.8 Å². The molecular weight excluding hydrogens is 708 g/mol. The third kappa shape index (κ3) is 8.46. The van der Waals surface area contributed by atoms with Crippen LogP contribution in [0.4, 0.5) is 13.2 Å². The van der Waals surface area contributed by atoms with Crippen LogP contribution < -0.4 is 10.5 Å². The number of carbonyl (C=O) groups is 1. The predicted molar refractivity (Wildman–Crippen MR) is 194 cm³/mol. The van der Waals surface area contributed by atoms with E-state index in [1.54, 1.807) is 55.1 Å². The van der Waals surface area contributed by atoms with Gasteiger partial charge in [-0.3, -0.25) is 19.6 Å². The van der Waals surface area contributed by atoms with Crippen molar-refractivity contribution < 1.29 is 22.7 Å². The largest absolute Gasteiger partial charge is 0.490 e. The maximum Gasteiger partial charge on any atom is 0.416 e. The number of hydrogen-bond donors (Lipinski definition) is 1. The summed E-state index contributed by atoms with van der Waals surface area (Å²) in [6, 6.07) is 24.0. The number of likely N-dealkylation sites (tertiary alicyclic amines) is 1. The maximum absolute atomic E-state index is 14.8. The number of amidine groups is 1. The van der Waals surface area contributed by atoms with Gasteiger partial charge in [-0.15, -0.1) is 12.4 Å². The van der Waals surface area contributed by atoms with E-state index >= 15 is 0 Å². The minimum atomic E-state index is -4.60. The SMILES string of the molecule is CC(C)Oc1cc(C(F)(F)F)ccc1C1=NC(c2ccc(Cl)cc2)C(c2ccc(Cl)cc2)N1C(=O)c1ccc(CN2CCC(N)CC2)cc1.Cl. The highest BCUT2D eigenvalue weighted by Gasteiger charge is 2.44. The topological polar surface area (TPSA) is 71.2 Å². The summed E-state index contributed by atoms with van der Waals surface area (Å²) in [6.07, 6.45) is -3.15. The lowest BCUT2D eigenvalue weighted by Gasteiger charge is -2.31. The molecule has 50 heavy (non-hydrogen) atoms. The second-order valence-corrected chi connectivity index (χ2v) is 13.7. The molecule has 4 aromatic carbocycles. The maximum atomic E-state index is 14.8. The molecule has 0 spiro atoms.